The van der Waals surface area contributed by atoms with Crippen LogP contribution in [0.1, 0.15) is 5.56 Å². The summed E-state index contributed by atoms with van der Waals surface area (Å²) in [6.45, 7) is 1.35. The molecule has 1 aliphatic heterocycles. The smallest absolute Gasteiger partial charge is 0.176 e. The molecule has 66 valence electrons. The van der Waals surface area contributed by atoms with E-state index in [2.05, 4.69) is 12.1 Å². The zero-order chi connectivity index (χ0) is 9.10. The molecule has 0 saturated carbocycles. The standard InChI is InChI=1S/C11H11NO/c13-11-6-7-12(9-11)8-10-4-2-1-3-5-10/h1-7H,8-9H2. The van der Waals surface area contributed by atoms with Crippen LogP contribution in [0.3, 0.4) is 0 Å². The van der Waals surface area contributed by atoms with Crippen molar-refractivity contribution in [3.63, 3.8) is 0 Å². The molecular formula is C11H11NO. The van der Waals surface area contributed by atoms with Crippen molar-refractivity contribution < 1.29 is 4.79 Å². The van der Waals surface area contributed by atoms with E-state index in [1.54, 1.807) is 6.08 Å². The summed E-state index contributed by atoms with van der Waals surface area (Å²) >= 11 is 0. The van der Waals surface area contributed by atoms with Crippen LogP contribution >= 0.6 is 0 Å². The summed E-state index contributed by atoms with van der Waals surface area (Å²) in [7, 11) is 0. The lowest BCUT2D eigenvalue weighted by atomic mass is 10.2. The van der Waals surface area contributed by atoms with Gasteiger partial charge in [-0.15, -0.1) is 0 Å². The third-order valence-corrected chi connectivity index (χ3v) is 2.06. The van der Waals surface area contributed by atoms with Gasteiger partial charge in [0.15, 0.2) is 5.78 Å². The van der Waals surface area contributed by atoms with Crippen LogP contribution in [-0.4, -0.2) is 17.2 Å². The second-order valence-corrected chi connectivity index (χ2v) is 3.17. The quantitative estimate of drug-likeness (QED) is 0.676. The van der Waals surface area contributed by atoms with Crippen LogP contribution < -0.4 is 0 Å². The maximum Gasteiger partial charge on any atom is 0.176 e. The van der Waals surface area contributed by atoms with Crippen molar-refractivity contribution >= 4 is 5.78 Å². The molecule has 0 aliphatic carbocycles. The topological polar surface area (TPSA) is 20.3 Å². The lowest BCUT2D eigenvalue weighted by molar-refractivity contribution is -0.114. The Bertz CT molecular complexity index is 329. The van der Waals surface area contributed by atoms with Crippen molar-refractivity contribution in [3.8, 4) is 0 Å². The minimum absolute atomic E-state index is 0.191. The molecule has 0 aromatic heterocycles. The van der Waals surface area contributed by atoms with E-state index in [1.807, 2.05) is 29.3 Å². The molecule has 0 fully saturated rings. The van der Waals surface area contributed by atoms with Gasteiger partial charge in [0.2, 0.25) is 0 Å². The fraction of sp³-hybridized carbons (Fsp3) is 0.182. The van der Waals surface area contributed by atoms with Crippen LogP contribution in [0.4, 0.5) is 0 Å². The van der Waals surface area contributed by atoms with Gasteiger partial charge in [0, 0.05) is 12.7 Å². The third kappa shape index (κ3) is 1.96. The molecule has 0 spiro atoms. The van der Waals surface area contributed by atoms with Gasteiger partial charge in [0.1, 0.15) is 0 Å². The van der Waals surface area contributed by atoms with Gasteiger partial charge in [-0.05, 0) is 11.6 Å². The van der Waals surface area contributed by atoms with E-state index in [9.17, 15) is 4.79 Å². The Kier molecular flexibility index (Phi) is 2.13. The Morgan fingerprint density at radius 2 is 2.00 bits per heavy atom. The molecule has 0 bridgehead atoms. The molecule has 0 N–H and O–H groups in total. The number of carbonyl (C=O) groups is 1. The van der Waals surface area contributed by atoms with E-state index in [0.717, 1.165) is 6.54 Å². The highest BCUT2D eigenvalue weighted by Crippen LogP contribution is 2.08. The van der Waals surface area contributed by atoms with Crippen LogP contribution in [0.5, 0.6) is 0 Å². The lowest BCUT2D eigenvalue weighted by Gasteiger charge is -2.13. The van der Waals surface area contributed by atoms with Gasteiger partial charge in [0.05, 0.1) is 6.54 Å². The van der Waals surface area contributed by atoms with Crippen LogP contribution in [0.2, 0.25) is 0 Å². The molecule has 1 heterocycles. The van der Waals surface area contributed by atoms with Crippen molar-refractivity contribution in [2.24, 2.45) is 0 Å². The van der Waals surface area contributed by atoms with Gasteiger partial charge < -0.3 is 4.90 Å². The summed E-state index contributed by atoms with van der Waals surface area (Å²) in [5.74, 6) is 0.191. The Labute approximate surface area is 77.5 Å². The van der Waals surface area contributed by atoms with Gasteiger partial charge in [0.25, 0.3) is 0 Å². The highest BCUT2D eigenvalue weighted by Gasteiger charge is 2.11. The van der Waals surface area contributed by atoms with Crippen LogP contribution in [0, 0.1) is 0 Å². The predicted octanol–water partition coefficient (Wildman–Crippen LogP) is 1.58. The number of nitrogens with zero attached hydrogens (tertiary/aromatic N) is 1. The minimum Gasteiger partial charge on any atom is -0.365 e. The minimum atomic E-state index is 0.191. The van der Waals surface area contributed by atoms with E-state index in [-0.39, 0.29) is 5.78 Å². The third-order valence-electron chi connectivity index (χ3n) is 2.06. The van der Waals surface area contributed by atoms with E-state index in [0.29, 0.717) is 6.54 Å². The lowest BCUT2D eigenvalue weighted by Crippen LogP contribution is -2.17. The van der Waals surface area contributed by atoms with Crippen molar-refractivity contribution in [2.45, 2.75) is 6.54 Å². The summed E-state index contributed by atoms with van der Waals surface area (Å²) in [5, 5.41) is 0. The zero-order valence-electron chi connectivity index (χ0n) is 7.31. The molecule has 2 nitrogen and oxygen atoms in total. The van der Waals surface area contributed by atoms with Crippen molar-refractivity contribution in [1.29, 1.82) is 0 Å². The Morgan fingerprint density at radius 1 is 1.23 bits per heavy atom. The Hall–Kier alpha value is -1.57. The normalized spacial score (nSPS) is 15.4. The first-order valence-corrected chi connectivity index (χ1v) is 4.33. The summed E-state index contributed by atoms with van der Waals surface area (Å²) in [6.07, 6.45) is 3.48. The van der Waals surface area contributed by atoms with Crippen molar-refractivity contribution in [1.82, 2.24) is 4.90 Å². The molecule has 1 aromatic rings. The summed E-state index contributed by atoms with van der Waals surface area (Å²) in [5.41, 5.74) is 1.24. The van der Waals surface area contributed by atoms with Gasteiger partial charge in [-0.25, -0.2) is 0 Å². The van der Waals surface area contributed by atoms with E-state index >= 15 is 0 Å². The van der Waals surface area contributed by atoms with E-state index in [1.165, 1.54) is 5.56 Å². The van der Waals surface area contributed by atoms with E-state index < -0.39 is 0 Å². The summed E-state index contributed by atoms with van der Waals surface area (Å²) in [6, 6.07) is 10.1. The van der Waals surface area contributed by atoms with Gasteiger partial charge in [-0.3, -0.25) is 4.79 Å². The SMILES string of the molecule is O=C1C=CN(Cc2ccccc2)C1. The molecule has 0 saturated heterocycles. The Balaban J connectivity index is 2.00. The average Bonchev–Trinajstić information content (AvgIpc) is 2.53. The molecule has 1 aliphatic rings. The molecule has 1 aromatic carbocycles. The molecule has 0 amide bonds. The first kappa shape index (κ1) is 8.05. The van der Waals surface area contributed by atoms with Gasteiger partial charge >= 0.3 is 0 Å². The largest absolute Gasteiger partial charge is 0.365 e. The first-order chi connectivity index (χ1) is 6.34. The molecule has 0 radical (unpaired) electrons. The maximum absolute atomic E-state index is 10.9. The number of benzene rings is 1. The Morgan fingerprint density at radius 3 is 2.62 bits per heavy atom. The maximum atomic E-state index is 10.9. The first-order valence-electron chi connectivity index (χ1n) is 4.33. The number of rotatable bonds is 2. The fourth-order valence-electron chi connectivity index (χ4n) is 1.42. The van der Waals surface area contributed by atoms with Crippen LogP contribution in [0.25, 0.3) is 0 Å². The monoisotopic (exact) mass is 173 g/mol. The molecule has 13 heavy (non-hydrogen) atoms. The number of hydrogen-bond acceptors (Lipinski definition) is 2. The fourth-order valence-corrected chi connectivity index (χ4v) is 1.42. The molecule has 2 heteroatoms. The van der Waals surface area contributed by atoms with Crippen molar-refractivity contribution in [2.75, 3.05) is 6.54 Å². The van der Waals surface area contributed by atoms with Crippen molar-refractivity contribution in [3.05, 3.63) is 48.2 Å². The highest BCUT2D eigenvalue weighted by molar-refractivity contribution is 5.93. The highest BCUT2D eigenvalue weighted by atomic mass is 16.1. The molecule has 0 atom stereocenters. The second kappa shape index (κ2) is 3.44. The van der Waals surface area contributed by atoms with Crippen LogP contribution in [0.15, 0.2) is 42.6 Å². The second-order valence-electron chi connectivity index (χ2n) is 3.17. The predicted molar refractivity (Wildman–Crippen MR) is 51.0 cm³/mol. The van der Waals surface area contributed by atoms with Crippen LogP contribution in [-0.2, 0) is 11.3 Å². The average molecular weight is 173 g/mol. The molecular weight excluding hydrogens is 162 g/mol. The number of hydrogen-bond donors (Lipinski definition) is 0. The van der Waals surface area contributed by atoms with Gasteiger partial charge in [-0.2, -0.15) is 0 Å². The molecule has 0 unspecified atom stereocenters. The summed E-state index contributed by atoms with van der Waals surface area (Å²) < 4.78 is 0. The summed E-state index contributed by atoms with van der Waals surface area (Å²) in [4.78, 5) is 12.9. The van der Waals surface area contributed by atoms with E-state index in [4.69, 9.17) is 0 Å². The number of ketones is 1. The van der Waals surface area contributed by atoms with Gasteiger partial charge in [-0.1, -0.05) is 30.3 Å². The number of carbonyl (C=O) groups excluding carboxylic acids is 1. The zero-order valence-corrected chi connectivity index (χ0v) is 7.31. The molecule has 2 rings (SSSR count).